The lowest BCUT2D eigenvalue weighted by Gasteiger charge is -2.08. The number of anilines is 1. The molecule has 1 amide bonds. The lowest BCUT2D eigenvalue weighted by atomic mass is 10.1. The molecular formula is C15H10Br2N2O. The highest BCUT2D eigenvalue weighted by Gasteiger charge is 2.09. The fourth-order valence-corrected chi connectivity index (χ4v) is 3.13. The molecule has 3 aromatic rings. The number of nitrogens with one attached hydrogen (secondary N) is 2. The Balaban J connectivity index is 1.88. The van der Waals surface area contributed by atoms with Crippen LogP contribution in [-0.4, -0.2) is 10.9 Å². The van der Waals surface area contributed by atoms with E-state index in [2.05, 4.69) is 42.2 Å². The summed E-state index contributed by atoms with van der Waals surface area (Å²) >= 11 is 6.82. The van der Waals surface area contributed by atoms with Crippen molar-refractivity contribution in [2.45, 2.75) is 0 Å². The van der Waals surface area contributed by atoms with Gasteiger partial charge >= 0.3 is 0 Å². The normalized spacial score (nSPS) is 10.7. The topological polar surface area (TPSA) is 44.9 Å². The molecule has 0 aliphatic rings. The monoisotopic (exact) mass is 392 g/mol. The maximum Gasteiger partial charge on any atom is 0.255 e. The van der Waals surface area contributed by atoms with E-state index in [-0.39, 0.29) is 5.91 Å². The first-order valence-corrected chi connectivity index (χ1v) is 7.55. The van der Waals surface area contributed by atoms with Gasteiger partial charge in [0.1, 0.15) is 0 Å². The number of amides is 1. The molecule has 100 valence electrons. The van der Waals surface area contributed by atoms with Crippen LogP contribution in [0.4, 0.5) is 5.69 Å². The van der Waals surface area contributed by atoms with E-state index < -0.39 is 0 Å². The third-order valence-electron chi connectivity index (χ3n) is 2.99. The van der Waals surface area contributed by atoms with Gasteiger partial charge in [0.2, 0.25) is 0 Å². The van der Waals surface area contributed by atoms with Crippen molar-refractivity contribution in [3.8, 4) is 0 Å². The van der Waals surface area contributed by atoms with Crippen molar-refractivity contribution < 1.29 is 4.79 Å². The SMILES string of the molecule is O=C(Nc1ccc(Br)cc1Br)c1ccc2[nH]ccc2c1. The number of halogens is 2. The van der Waals surface area contributed by atoms with Gasteiger partial charge in [0.05, 0.1) is 5.69 Å². The first-order valence-electron chi connectivity index (χ1n) is 5.97. The van der Waals surface area contributed by atoms with Gasteiger partial charge < -0.3 is 10.3 Å². The molecule has 0 unspecified atom stereocenters. The number of rotatable bonds is 2. The van der Waals surface area contributed by atoms with Crippen LogP contribution in [0, 0.1) is 0 Å². The standard InChI is InChI=1S/C15H10Br2N2O/c16-11-2-4-14(12(17)8-11)19-15(20)10-1-3-13-9(7-10)5-6-18-13/h1-8,18H,(H,19,20). The molecule has 0 fully saturated rings. The zero-order chi connectivity index (χ0) is 14.1. The molecule has 1 heterocycles. The van der Waals surface area contributed by atoms with Crippen LogP contribution in [0.1, 0.15) is 10.4 Å². The molecule has 0 atom stereocenters. The van der Waals surface area contributed by atoms with Crippen LogP contribution in [0.5, 0.6) is 0 Å². The molecule has 3 nitrogen and oxygen atoms in total. The molecule has 0 saturated carbocycles. The molecule has 0 aliphatic heterocycles. The molecule has 2 N–H and O–H groups in total. The minimum Gasteiger partial charge on any atom is -0.361 e. The van der Waals surface area contributed by atoms with Crippen LogP contribution in [-0.2, 0) is 0 Å². The molecule has 0 aliphatic carbocycles. The second-order valence-corrected chi connectivity index (χ2v) is 6.13. The van der Waals surface area contributed by atoms with Crippen LogP contribution >= 0.6 is 31.9 Å². The van der Waals surface area contributed by atoms with Gasteiger partial charge in [-0.2, -0.15) is 0 Å². The third kappa shape index (κ3) is 2.64. The second kappa shape index (κ2) is 5.42. The Bertz CT molecular complexity index is 795. The van der Waals surface area contributed by atoms with Crippen molar-refractivity contribution in [3.63, 3.8) is 0 Å². The van der Waals surface area contributed by atoms with Crippen molar-refractivity contribution in [2.24, 2.45) is 0 Å². The van der Waals surface area contributed by atoms with Crippen molar-refractivity contribution in [2.75, 3.05) is 5.32 Å². The van der Waals surface area contributed by atoms with Crippen LogP contribution in [0.25, 0.3) is 10.9 Å². The number of benzene rings is 2. The number of fused-ring (bicyclic) bond motifs is 1. The predicted molar refractivity (Wildman–Crippen MR) is 88.1 cm³/mol. The number of carbonyl (C=O) groups excluding carboxylic acids is 1. The van der Waals surface area contributed by atoms with E-state index in [0.717, 1.165) is 25.5 Å². The molecule has 5 heteroatoms. The summed E-state index contributed by atoms with van der Waals surface area (Å²) in [5, 5.41) is 3.91. The van der Waals surface area contributed by atoms with E-state index in [1.807, 2.05) is 42.6 Å². The number of hydrogen-bond acceptors (Lipinski definition) is 1. The van der Waals surface area contributed by atoms with Gasteiger partial charge in [0.15, 0.2) is 0 Å². The molecule has 0 spiro atoms. The summed E-state index contributed by atoms with van der Waals surface area (Å²) in [7, 11) is 0. The van der Waals surface area contributed by atoms with Gasteiger partial charge in [-0.05, 0) is 58.4 Å². The van der Waals surface area contributed by atoms with E-state index in [9.17, 15) is 4.79 Å². The number of carbonyl (C=O) groups is 1. The summed E-state index contributed by atoms with van der Waals surface area (Å²) in [5.74, 6) is -0.129. The van der Waals surface area contributed by atoms with E-state index in [1.54, 1.807) is 6.07 Å². The second-order valence-electron chi connectivity index (χ2n) is 4.36. The molecular weight excluding hydrogens is 384 g/mol. The fourth-order valence-electron chi connectivity index (χ4n) is 1.98. The average Bonchev–Trinajstić information content (AvgIpc) is 2.89. The first-order chi connectivity index (χ1) is 9.63. The van der Waals surface area contributed by atoms with Gasteiger partial charge in [0, 0.05) is 31.6 Å². The van der Waals surface area contributed by atoms with E-state index in [1.165, 1.54) is 0 Å². The lowest BCUT2D eigenvalue weighted by molar-refractivity contribution is 0.102. The minimum absolute atomic E-state index is 0.129. The summed E-state index contributed by atoms with van der Waals surface area (Å²) in [6.07, 6.45) is 1.86. The smallest absolute Gasteiger partial charge is 0.255 e. The van der Waals surface area contributed by atoms with Crippen LogP contribution in [0.15, 0.2) is 57.6 Å². The highest BCUT2D eigenvalue weighted by Crippen LogP contribution is 2.26. The Morgan fingerprint density at radius 1 is 1.05 bits per heavy atom. The highest BCUT2D eigenvalue weighted by atomic mass is 79.9. The predicted octanol–water partition coefficient (Wildman–Crippen LogP) is 4.95. The van der Waals surface area contributed by atoms with E-state index >= 15 is 0 Å². The van der Waals surface area contributed by atoms with Crippen molar-refractivity contribution >= 4 is 54.4 Å². The molecule has 0 radical (unpaired) electrons. The van der Waals surface area contributed by atoms with Crippen molar-refractivity contribution in [1.29, 1.82) is 0 Å². The number of aromatic amines is 1. The van der Waals surface area contributed by atoms with E-state index in [0.29, 0.717) is 5.56 Å². The van der Waals surface area contributed by atoms with E-state index in [4.69, 9.17) is 0 Å². The summed E-state index contributed by atoms with van der Waals surface area (Å²) < 4.78 is 1.79. The molecule has 0 bridgehead atoms. The molecule has 1 aromatic heterocycles. The van der Waals surface area contributed by atoms with Gasteiger partial charge in [-0.3, -0.25) is 4.79 Å². The Morgan fingerprint density at radius 3 is 2.70 bits per heavy atom. The number of H-pyrrole nitrogens is 1. The zero-order valence-electron chi connectivity index (χ0n) is 10.3. The maximum absolute atomic E-state index is 12.3. The Labute approximate surface area is 132 Å². The largest absolute Gasteiger partial charge is 0.361 e. The lowest BCUT2D eigenvalue weighted by Crippen LogP contribution is -2.12. The zero-order valence-corrected chi connectivity index (χ0v) is 13.5. The highest BCUT2D eigenvalue weighted by molar-refractivity contribution is 9.11. The Morgan fingerprint density at radius 2 is 1.90 bits per heavy atom. The average molecular weight is 394 g/mol. The Hall–Kier alpha value is -1.59. The fraction of sp³-hybridized carbons (Fsp3) is 0. The molecule has 0 saturated heterocycles. The maximum atomic E-state index is 12.3. The number of hydrogen-bond donors (Lipinski definition) is 2. The van der Waals surface area contributed by atoms with Gasteiger partial charge in [0.25, 0.3) is 5.91 Å². The van der Waals surface area contributed by atoms with Gasteiger partial charge in [-0.25, -0.2) is 0 Å². The van der Waals surface area contributed by atoms with Gasteiger partial charge in [-0.15, -0.1) is 0 Å². The quantitative estimate of drug-likeness (QED) is 0.635. The van der Waals surface area contributed by atoms with Crippen molar-refractivity contribution in [3.05, 3.63) is 63.2 Å². The summed E-state index contributed by atoms with van der Waals surface area (Å²) in [4.78, 5) is 15.4. The first kappa shape index (κ1) is 13.4. The van der Waals surface area contributed by atoms with Crippen LogP contribution in [0.2, 0.25) is 0 Å². The van der Waals surface area contributed by atoms with Crippen LogP contribution < -0.4 is 5.32 Å². The molecule has 2 aromatic carbocycles. The Kier molecular flexibility index (Phi) is 3.63. The van der Waals surface area contributed by atoms with Crippen molar-refractivity contribution in [1.82, 2.24) is 4.98 Å². The minimum atomic E-state index is -0.129. The summed E-state index contributed by atoms with van der Waals surface area (Å²) in [6.45, 7) is 0. The molecule has 3 rings (SSSR count). The summed E-state index contributed by atoms with van der Waals surface area (Å²) in [5.41, 5.74) is 2.39. The summed E-state index contributed by atoms with van der Waals surface area (Å²) in [6, 6.07) is 13.2. The molecule has 20 heavy (non-hydrogen) atoms. The number of aromatic nitrogens is 1. The van der Waals surface area contributed by atoms with Crippen LogP contribution in [0.3, 0.4) is 0 Å². The van der Waals surface area contributed by atoms with Gasteiger partial charge in [-0.1, -0.05) is 15.9 Å². The third-order valence-corrected chi connectivity index (χ3v) is 4.14.